The molecule has 0 saturated carbocycles. The fourth-order valence-corrected chi connectivity index (χ4v) is 2.75. The normalized spacial score (nSPS) is 10.6. The van der Waals surface area contributed by atoms with Gasteiger partial charge in [-0.2, -0.15) is 5.26 Å². The Morgan fingerprint density at radius 3 is 2.77 bits per heavy atom. The van der Waals surface area contributed by atoms with E-state index in [4.69, 9.17) is 11.2 Å². The van der Waals surface area contributed by atoms with Crippen molar-refractivity contribution in [3.63, 3.8) is 0 Å². The summed E-state index contributed by atoms with van der Waals surface area (Å²) in [5, 5.41) is 12.1. The summed E-state index contributed by atoms with van der Waals surface area (Å²) in [5.41, 5.74) is 3.43. The van der Waals surface area contributed by atoms with Crippen molar-refractivity contribution in [2.24, 2.45) is 0 Å². The summed E-state index contributed by atoms with van der Waals surface area (Å²) < 4.78 is 6.06. The maximum atomic E-state index is 12.4. The lowest BCUT2D eigenvalue weighted by molar-refractivity contribution is -0.112. The van der Waals surface area contributed by atoms with Gasteiger partial charge in [-0.25, -0.2) is 0 Å². The molecule has 0 saturated heterocycles. The molecule has 0 aliphatic carbocycles. The third-order valence-corrected chi connectivity index (χ3v) is 4.42. The third kappa shape index (κ3) is 4.75. The molecule has 0 unspecified atom stereocenters. The van der Waals surface area contributed by atoms with E-state index in [0.29, 0.717) is 21.5 Å². The molecule has 0 aromatic heterocycles. The highest BCUT2D eigenvalue weighted by molar-refractivity contribution is 9.10. The van der Waals surface area contributed by atoms with Crippen molar-refractivity contribution in [2.75, 3.05) is 11.9 Å². The molecule has 2 aromatic carbocycles. The van der Waals surface area contributed by atoms with E-state index in [-0.39, 0.29) is 12.2 Å². The molecular formula is C21H17BrN2O2. The number of hydrogen-bond donors (Lipinski definition) is 1. The van der Waals surface area contributed by atoms with E-state index in [1.807, 2.05) is 38.1 Å². The highest BCUT2D eigenvalue weighted by Crippen LogP contribution is 2.27. The average molecular weight is 409 g/mol. The van der Waals surface area contributed by atoms with Gasteiger partial charge in [-0.05, 0) is 70.7 Å². The largest absolute Gasteiger partial charge is 0.480 e. The Kier molecular flexibility index (Phi) is 6.60. The van der Waals surface area contributed by atoms with Gasteiger partial charge >= 0.3 is 0 Å². The Labute approximate surface area is 161 Å². The molecule has 0 aliphatic rings. The fraction of sp³-hybridized carbons (Fsp3) is 0.143. The number of halogens is 1. The highest BCUT2D eigenvalue weighted by Gasteiger charge is 2.12. The van der Waals surface area contributed by atoms with Crippen LogP contribution in [-0.4, -0.2) is 12.5 Å². The number of rotatable bonds is 5. The zero-order valence-electron chi connectivity index (χ0n) is 14.5. The van der Waals surface area contributed by atoms with Crippen LogP contribution in [0.5, 0.6) is 5.75 Å². The number of amides is 1. The monoisotopic (exact) mass is 408 g/mol. The first-order valence-electron chi connectivity index (χ1n) is 7.81. The van der Waals surface area contributed by atoms with Crippen molar-refractivity contribution in [3.8, 4) is 24.2 Å². The molecule has 1 N–H and O–H groups in total. The quantitative estimate of drug-likeness (QED) is 0.445. The molecular weight excluding hydrogens is 392 g/mol. The van der Waals surface area contributed by atoms with Crippen LogP contribution in [0.2, 0.25) is 0 Å². The van der Waals surface area contributed by atoms with E-state index in [0.717, 1.165) is 11.1 Å². The average Bonchev–Trinajstić information content (AvgIpc) is 2.62. The second kappa shape index (κ2) is 8.89. The second-order valence-electron chi connectivity index (χ2n) is 5.55. The summed E-state index contributed by atoms with van der Waals surface area (Å²) in [7, 11) is 0. The number of benzene rings is 2. The minimum atomic E-state index is -0.454. The Morgan fingerprint density at radius 1 is 1.35 bits per heavy atom. The van der Waals surface area contributed by atoms with Crippen molar-refractivity contribution in [3.05, 3.63) is 63.1 Å². The highest BCUT2D eigenvalue weighted by atomic mass is 79.9. The first-order valence-corrected chi connectivity index (χ1v) is 8.60. The zero-order valence-corrected chi connectivity index (χ0v) is 16.1. The van der Waals surface area contributed by atoms with Gasteiger partial charge in [0.1, 0.15) is 24.0 Å². The molecule has 1 amide bonds. The van der Waals surface area contributed by atoms with Crippen LogP contribution in [0, 0.1) is 37.5 Å². The summed E-state index contributed by atoms with van der Waals surface area (Å²) in [6, 6.07) is 12.8. The molecule has 26 heavy (non-hydrogen) atoms. The van der Waals surface area contributed by atoms with Crippen molar-refractivity contribution in [1.82, 2.24) is 0 Å². The van der Waals surface area contributed by atoms with Crippen molar-refractivity contribution in [1.29, 1.82) is 5.26 Å². The number of anilines is 1. The van der Waals surface area contributed by atoms with Crippen LogP contribution in [0.15, 0.2) is 46.4 Å². The molecule has 2 aromatic rings. The zero-order chi connectivity index (χ0) is 19.1. The second-order valence-corrected chi connectivity index (χ2v) is 6.41. The van der Waals surface area contributed by atoms with Crippen molar-refractivity contribution in [2.45, 2.75) is 13.8 Å². The van der Waals surface area contributed by atoms with Crippen LogP contribution < -0.4 is 10.1 Å². The van der Waals surface area contributed by atoms with Gasteiger partial charge < -0.3 is 10.1 Å². The first-order chi connectivity index (χ1) is 12.5. The minimum Gasteiger partial charge on any atom is -0.480 e. The lowest BCUT2D eigenvalue weighted by atomic mass is 10.1. The van der Waals surface area contributed by atoms with E-state index in [2.05, 4.69) is 27.2 Å². The number of ether oxygens (including phenoxy) is 1. The van der Waals surface area contributed by atoms with E-state index < -0.39 is 5.91 Å². The van der Waals surface area contributed by atoms with E-state index in [1.54, 1.807) is 18.2 Å². The molecule has 0 bridgehead atoms. The predicted octanol–water partition coefficient (Wildman–Crippen LogP) is 4.62. The topological polar surface area (TPSA) is 62.1 Å². The van der Waals surface area contributed by atoms with Gasteiger partial charge in [0, 0.05) is 5.69 Å². The Bertz CT molecular complexity index is 949. The number of terminal acetylenes is 1. The Hall–Kier alpha value is -3.02. The van der Waals surface area contributed by atoms with Crippen molar-refractivity contribution < 1.29 is 9.53 Å². The molecule has 0 fully saturated rings. The van der Waals surface area contributed by atoms with Gasteiger partial charge in [0.05, 0.1) is 4.47 Å². The van der Waals surface area contributed by atoms with E-state index >= 15 is 0 Å². The van der Waals surface area contributed by atoms with Crippen LogP contribution in [0.25, 0.3) is 6.08 Å². The summed E-state index contributed by atoms with van der Waals surface area (Å²) in [6.45, 7) is 4.05. The number of hydrogen-bond acceptors (Lipinski definition) is 3. The van der Waals surface area contributed by atoms with Gasteiger partial charge in [-0.3, -0.25) is 4.79 Å². The first kappa shape index (κ1) is 19.3. The number of nitrogens with one attached hydrogen (secondary N) is 1. The summed E-state index contributed by atoms with van der Waals surface area (Å²) in [5.74, 6) is 2.54. The fourth-order valence-electron chi connectivity index (χ4n) is 2.23. The number of aryl methyl sites for hydroxylation is 1. The Morgan fingerprint density at radius 2 is 2.12 bits per heavy atom. The van der Waals surface area contributed by atoms with E-state index in [9.17, 15) is 10.1 Å². The Balaban J connectivity index is 2.23. The number of carbonyl (C=O) groups is 1. The van der Waals surface area contributed by atoms with E-state index in [1.165, 1.54) is 6.08 Å². The van der Waals surface area contributed by atoms with Crippen LogP contribution in [-0.2, 0) is 4.79 Å². The number of carbonyl (C=O) groups excluding carboxylic acids is 1. The standard InChI is InChI=1S/C21H17BrN2O2/c1-4-10-26-20-9-8-16(12-18(20)22)11-17(13-23)21(25)24-19-7-5-6-14(2)15(19)3/h1,5-9,11-12H,10H2,2-3H3,(H,24,25). The smallest absolute Gasteiger partial charge is 0.266 e. The molecule has 0 atom stereocenters. The number of nitrogens with zero attached hydrogens (tertiary/aromatic N) is 1. The number of nitriles is 1. The van der Waals surface area contributed by atoms with Crippen LogP contribution in [0.4, 0.5) is 5.69 Å². The van der Waals surface area contributed by atoms with Gasteiger partial charge in [0.15, 0.2) is 0 Å². The van der Waals surface area contributed by atoms with Gasteiger partial charge in [0.2, 0.25) is 0 Å². The molecule has 0 spiro atoms. The summed E-state index contributed by atoms with van der Waals surface area (Å²) in [6.07, 6.45) is 6.70. The predicted molar refractivity (Wildman–Crippen MR) is 107 cm³/mol. The van der Waals surface area contributed by atoms with Crippen LogP contribution in [0.3, 0.4) is 0 Å². The van der Waals surface area contributed by atoms with Crippen molar-refractivity contribution >= 4 is 33.6 Å². The molecule has 0 radical (unpaired) electrons. The van der Waals surface area contributed by atoms with Crippen LogP contribution >= 0.6 is 15.9 Å². The maximum Gasteiger partial charge on any atom is 0.266 e. The molecule has 5 heteroatoms. The van der Waals surface area contributed by atoms with Gasteiger partial charge in [-0.15, -0.1) is 6.42 Å². The molecule has 0 aliphatic heterocycles. The SMILES string of the molecule is C#CCOc1ccc(C=C(C#N)C(=O)Nc2cccc(C)c2C)cc1Br. The molecule has 2 rings (SSSR count). The van der Waals surface area contributed by atoms with Gasteiger partial charge in [0.25, 0.3) is 5.91 Å². The molecule has 0 heterocycles. The maximum absolute atomic E-state index is 12.4. The lowest BCUT2D eigenvalue weighted by Gasteiger charge is -2.10. The minimum absolute atomic E-state index is 0.00935. The molecule has 130 valence electrons. The summed E-state index contributed by atoms with van der Waals surface area (Å²) in [4.78, 5) is 12.4. The van der Waals surface area contributed by atoms with Gasteiger partial charge in [-0.1, -0.05) is 24.1 Å². The lowest BCUT2D eigenvalue weighted by Crippen LogP contribution is -2.14. The summed E-state index contributed by atoms with van der Waals surface area (Å²) >= 11 is 3.39. The third-order valence-electron chi connectivity index (χ3n) is 3.80. The van der Waals surface area contributed by atoms with Crippen LogP contribution in [0.1, 0.15) is 16.7 Å². The molecule has 4 nitrogen and oxygen atoms in total.